The molecule has 2 aliphatic heterocycles. The van der Waals surface area contributed by atoms with Gasteiger partial charge >= 0.3 is 0 Å². The lowest BCUT2D eigenvalue weighted by Gasteiger charge is -2.44. The molecule has 2 saturated heterocycles. The molecule has 5 nitrogen and oxygen atoms in total. The Morgan fingerprint density at radius 1 is 1.13 bits per heavy atom. The molecule has 0 aliphatic carbocycles. The van der Waals surface area contributed by atoms with Crippen molar-refractivity contribution in [2.45, 2.75) is 12.5 Å². The number of nitrogens with zero attached hydrogens (tertiary/aromatic N) is 3. The number of benzene rings is 1. The summed E-state index contributed by atoms with van der Waals surface area (Å²) in [5.74, 6) is -0.451. The number of hydrogen-bond acceptors (Lipinski definition) is 3. The second-order valence-electron chi connectivity index (χ2n) is 5.80. The number of halogens is 1. The van der Waals surface area contributed by atoms with Crippen LogP contribution >= 0.6 is 0 Å². The van der Waals surface area contributed by atoms with E-state index in [1.807, 2.05) is 11.0 Å². The number of piperazine rings is 1. The van der Waals surface area contributed by atoms with Crippen LogP contribution in [0.4, 0.5) is 10.1 Å². The van der Waals surface area contributed by atoms with Crippen molar-refractivity contribution < 1.29 is 14.0 Å². The van der Waals surface area contributed by atoms with Gasteiger partial charge < -0.3 is 14.7 Å². The van der Waals surface area contributed by atoms with Gasteiger partial charge in [-0.2, -0.15) is 0 Å². The fourth-order valence-electron chi connectivity index (χ4n) is 3.11. The molecule has 0 saturated carbocycles. The van der Waals surface area contributed by atoms with Gasteiger partial charge in [-0.1, -0.05) is 18.7 Å². The first-order chi connectivity index (χ1) is 11.1. The molecular formula is C17H20FN3O2. The van der Waals surface area contributed by atoms with Crippen LogP contribution in [0.25, 0.3) is 0 Å². The van der Waals surface area contributed by atoms with E-state index in [2.05, 4.69) is 6.58 Å². The number of amides is 2. The fourth-order valence-corrected chi connectivity index (χ4v) is 3.11. The molecule has 2 amide bonds. The zero-order chi connectivity index (χ0) is 16.4. The van der Waals surface area contributed by atoms with Crippen LogP contribution in [0, 0.1) is 5.82 Å². The molecular weight excluding hydrogens is 297 g/mol. The van der Waals surface area contributed by atoms with E-state index in [1.165, 1.54) is 12.1 Å². The maximum atomic E-state index is 13.8. The summed E-state index contributed by atoms with van der Waals surface area (Å²) >= 11 is 0. The summed E-state index contributed by atoms with van der Waals surface area (Å²) in [6, 6.07) is 6.31. The first-order valence-corrected chi connectivity index (χ1v) is 7.83. The van der Waals surface area contributed by atoms with Crippen molar-refractivity contribution in [2.24, 2.45) is 0 Å². The highest BCUT2D eigenvalue weighted by atomic mass is 19.1. The maximum absolute atomic E-state index is 13.8. The van der Waals surface area contributed by atoms with Crippen LogP contribution in [-0.4, -0.2) is 60.4 Å². The zero-order valence-electron chi connectivity index (χ0n) is 12.9. The summed E-state index contributed by atoms with van der Waals surface area (Å²) in [6.45, 7) is 6.34. The van der Waals surface area contributed by atoms with Gasteiger partial charge in [-0.3, -0.25) is 9.59 Å². The third kappa shape index (κ3) is 2.93. The summed E-state index contributed by atoms with van der Waals surface area (Å²) in [5, 5.41) is 0. The lowest BCUT2D eigenvalue weighted by molar-refractivity contribution is -0.150. The monoisotopic (exact) mass is 317 g/mol. The molecule has 6 heteroatoms. The van der Waals surface area contributed by atoms with E-state index in [4.69, 9.17) is 0 Å². The first-order valence-electron chi connectivity index (χ1n) is 7.83. The normalized spacial score (nSPS) is 20.9. The molecule has 0 radical (unpaired) electrons. The fraction of sp³-hybridized carbons (Fsp3) is 0.412. The number of carbonyl (C=O) groups is 2. The molecule has 0 bridgehead atoms. The smallest absolute Gasteiger partial charge is 0.246 e. The number of para-hydroxylation sites is 1. The van der Waals surface area contributed by atoms with E-state index in [0.29, 0.717) is 44.8 Å². The van der Waals surface area contributed by atoms with Crippen molar-refractivity contribution in [1.29, 1.82) is 0 Å². The van der Waals surface area contributed by atoms with Crippen LogP contribution in [-0.2, 0) is 9.59 Å². The second kappa shape index (κ2) is 6.40. The first kappa shape index (κ1) is 15.5. The quantitative estimate of drug-likeness (QED) is 0.789. The van der Waals surface area contributed by atoms with Crippen molar-refractivity contribution >= 4 is 17.5 Å². The topological polar surface area (TPSA) is 43.9 Å². The minimum absolute atomic E-state index is 0.0142. The van der Waals surface area contributed by atoms with Crippen molar-refractivity contribution in [3.63, 3.8) is 0 Å². The van der Waals surface area contributed by atoms with E-state index in [1.54, 1.807) is 21.9 Å². The van der Waals surface area contributed by atoms with Gasteiger partial charge in [0.05, 0.1) is 5.69 Å². The molecule has 0 N–H and O–H groups in total. The molecule has 122 valence electrons. The number of carbonyl (C=O) groups excluding carboxylic acids is 2. The minimum atomic E-state index is -0.361. The molecule has 1 atom stereocenters. The number of rotatable bonds is 3. The van der Waals surface area contributed by atoms with Gasteiger partial charge in [0, 0.05) is 32.7 Å². The van der Waals surface area contributed by atoms with E-state index < -0.39 is 0 Å². The Hall–Kier alpha value is -2.37. The largest absolute Gasteiger partial charge is 0.366 e. The summed E-state index contributed by atoms with van der Waals surface area (Å²) in [6.07, 6.45) is 1.95. The van der Waals surface area contributed by atoms with Crippen molar-refractivity contribution in [3.8, 4) is 0 Å². The van der Waals surface area contributed by atoms with Gasteiger partial charge in [-0.25, -0.2) is 4.39 Å². The molecule has 2 heterocycles. The Bertz CT molecular complexity index is 626. The Labute approximate surface area is 135 Å². The number of hydrogen-bond donors (Lipinski definition) is 0. The van der Waals surface area contributed by atoms with Crippen LogP contribution in [0.1, 0.15) is 6.42 Å². The average molecular weight is 317 g/mol. The third-order valence-corrected chi connectivity index (χ3v) is 4.55. The maximum Gasteiger partial charge on any atom is 0.246 e. The highest BCUT2D eigenvalue weighted by Gasteiger charge is 2.39. The molecule has 3 rings (SSSR count). The van der Waals surface area contributed by atoms with E-state index >= 15 is 0 Å². The highest BCUT2D eigenvalue weighted by molar-refractivity contribution is 5.94. The predicted octanol–water partition coefficient (Wildman–Crippen LogP) is 1.26. The summed E-state index contributed by atoms with van der Waals surface area (Å²) in [4.78, 5) is 29.5. The Kier molecular flexibility index (Phi) is 4.32. The molecule has 0 unspecified atom stereocenters. The summed E-state index contributed by atoms with van der Waals surface area (Å²) in [7, 11) is 0. The minimum Gasteiger partial charge on any atom is -0.366 e. The van der Waals surface area contributed by atoms with Crippen LogP contribution in [0.5, 0.6) is 0 Å². The number of likely N-dealkylation sites (tertiary alicyclic amines) is 1. The lowest BCUT2D eigenvalue weighted by Crippen LogP contribution is -2.61. The van der Waals surface area contributed by atoms with Gasteiger partial charge in [0.15, 0.2) is 0 Å². The van der Waals surface area contributed by atoms with Gasteiger partial charge in [0.25, 0.3) is 0 Å². The standard InChI is InChI=1S/C17H20FN3O2/c1-2-16(22)21-8-7-15(21)17(23)20-11-9-19(10-12-20)14-6-4-3-5-13(14)18/h2-6,15H,1,7-12H2/t15-/m0/s1. The van der Waals surface area contributed by atoms with Gasteiger partial charge in [-0.15, -0.1) is 0 Å². The molecule has 2 aliphatic rings. The number of anilines is 1. The zero-order valence-corrected chi connectivity index (χ0v) is 12.9. The summed E-state index contributed by atoms with van der Waals surface area (Å²) in [5.41, 5.74) is 0.576. The summed E-state index contributed by atoms with van der Waals surface area (Å²) < 4.78 is 13.8. The molecule has 1 aromatic rings. The average Bonchev–Trinajstić information content (AvgIpc) is 2.54. The Balaban J connectivity index is 1.59. The van der Waals surface area contributed by atoms with Crippen LogP contribution in [0.2, 0.25) is 0 Å². The predicted molar refractivity (Wildman–Crippen MR) is 85.5 cm³/mol. The van der Waals surface area contributed by atoms with Crippen molar-refractivity contribution in [2.75, 3.05) is 37.6 Å². The second-order valence-corrected chi connectivity index (χ2v) is 5.80. The van der Waals surface area contributed by atoms with E-state index in [-0.39, 0.29) is 23.7 Å². The van der Waals surface area contributed by atoms with Crippen LogP contribution in [0.3, 0.4) is 0 Å². The molecule has 23 heavy (non-hydrogen) atoms. The molecule has 0 aromatic heterocycles. The van der Waals surface area contributed by atoms with Crippen LogP contribution < -0.4 is 4.90 Å². The molecule has 0 spiro atoms. The van der Waals surface area contributed by atoms with E-state index in [0.717, 1.165) is 0 Å². The highest BCUT2D eigenvalue weighted by Crippen LogP contribution is 2.23. The van der Waals surface area contributed by atoms with Gasteiger partial charge in [-0.05, 0) is 24.6 Å². The van der Waals surface area contributed by atoms with Crippen molar-refractivity contribution in [3.05, 3.63) is 42.7 Å². The molecule has 2 fully saturated rings. The third-order valence-electron chi connectivity index (χ3n) is 4.55. The Morgan fingerprint density at radius 3 is 2.39 bits per heavy atom. The molecule has 1 aromatic carbocycles. The van der Waals surface area contributed by atoms with E-state index in [9.17, 15) is 14.0 Å². The SMILES string of the molecule is C=CC(=O)N1CC[C@H]1C(=O)N1CCN(c2ccccc2F)CC1. The van der Waals surface area contributed by atoms with Gasteiger partial charge in [0.2, 0.25) is 11.8 Å². The Morgan fingerprint density at radius 2 is 1.83 bits per heavy atom. The van der Waals surface area contributed by atoms with Gasteiger partial charge in [0.1, 0.15) is 11.9 Å². The van der Waals surface area contributed by atoms with Crippen molar-refractivity contribution in [1.82, 2.24) is 9.80 Å². The lowest BCUT2D eigenvalue weighted by atomic mass is 10.0. The van der Waals surface area contributed by atoms with Crippen LogP contribution in [0.15, 0.2) is 36.9 Å².